The number of hydrogen-bond donors (Lipinski definition) is 1. The van der Waals surface area contributed by atoms with E-state index in [1.54, 1.807) is 0 Å². The summed E-state index contributed by atoms with van der Waals surface area (Å²) < 4.78 is 2.12. The van der Waals surface area contributed by atoms with Crippen molar-refractivity contribution in [2.45, 2.75) is 75.7 Å². The number of nitrogens with one attached hydrogen (secondary N) is 1. The van der Waals surface area contributed by atoms with E-state index in [1.165, 1.54) is 38.5 Å². The Morgan fingerprint density at radius 1 is 1.24 bits per heavy atom. The van der Waals surface area contributed by atoms with E-state index in [1.807, 2.05) is 18.7 Å². The number of thioether (sulfide) groups is 1. The molecule has 1 N–H and O–H groups in total. The number of nitrogens with zero attached hydrogens (tertiary/aromatic N) is 3. The van der Waals surface area contributed by atoms with E-state index in [0.29, 0.717) is 11.3 Å². The highest BCUT2D eigenvalue weighted by Crippen LogP contribution is 2.37. The second-order valence-electron chi connectivity index (χ2n) is 6.27. The van der Waals surface area contributed by atoms with Gasteiger partial charge in [0.1, 0.15) is 5.82 Å². The molecule has 0 spiro atoms. The molecule has 4 nitrogen and oxygen atoms in total. The predicted molar refractivity (Wildman–Crippen MR) is 89.7 cm³/mol. The van der Waals surface area contributed by atoms with Gasteiger partial charge < -0.3 is 9.88 Å². The molecule has 0 amide bonds. The second kappa shape index (κ2) is 8.18. The molecule has 0 aromatic carbocycles. The summed E-state index contributed by atoms with van der Waals surface area (Å²) in [7, 11) is 2.07. The lowest BCUT2D eigenvalue weighted by atomic mass is 9.83. The molecule has 0 aliphatic heterocycles. The summed E-state index contributed by atoms with van der Waals surface area (Å²) in [6, 6.07) is 0.625. The molecule has 21 heavy (non-hydrogen) atoms. The molecule has 3 unspecified atom stereocenters. The first-order valence-electron chi connectivity index (χ1n) is 8.41. The van der Waals surface area contributed by atoms with E-state index < -0.39 is 0 Å². The van der Waals surface area contributed by atoms with Gasteiger partial charge in [-0.2, -0.15) is 0 Å². The highest BCUT2D eigenvalue weighted by molar-refractivity contribution is 7.99. The van der Waals surface area contributed by atoms with Crippen molar-refractivity contribution in [3.63, 3.8) is 0 Å². The Morgan fingerprint density at radius 3 is 2.67 bits per heavy atom. The molecule has 120 valence electrons. The van der Waals surface area contributed by atoms with Gasteiger partial charge in [0.25, 0.3) is 0 Å². The van der Waals surface area contributed by atoms with Crippen molar-refractivity contribution in [2.75, 3.05) is 6.54 Å². The SMILES string of the molecule is CCCNC1CCC(CCC)CC1Sc1nnc(C)n1C. The maximum Gasteiger partial charge on any atom is 0.191 e. The number of rotatable bonds is 7. The molecular formula is C16H30N4S. The number of aryl methyl sites for hydroxylation is 1. The first kappa shape index (κ1) is 16.8. The van der Waals surface area contributed by atoms with Gasteiger partial charge >= 0.3 is 0 Å². The molecule has 1 aromatic heterocycles. The van der Waals surface area contributed by atoms with Crippen LogP contribution in [0.4, 0.5) is 0 Å². The number of aromatic nitrogens is 3. The van der Waals surface area contributed by atoms with Crippen LogP contribution in [0.15, 0.2) is 5.16 Å². The Labute approximate surface area is 133 Å². The van der Waals surface area contributed by atoms with Crippen molar-refractivity contribution in [2.24, 2.45) is 13.0 Å². The van der Waals surface area contributed by atoms with Gasteiger partial charge in [0.05, 0.1) is 0 Å². The van der Waals surface area contributed by atoms with Crippen LogP contribution in [-0.4, -0.2) is 32.6 Å². The minimum Gasteiger partial charge on any atom is -0.313 e. The molecule has 0 saturated heterocycles. The second-order valence-corrected chi connectivity index (χ2v) is 7.48. The monoisotopic (exact) mass is 310 g/mol. The van der Waals surface area contributed by atoms with Gasteiger partial charge in [-0.05, 0) is 45.1 Å². The van der Waals surface area contributed by atoms with Crippen LogP contribution in [0.5, 0.6) is 0 Å². The Bertz CT molecular complexity index is 432. The van der Waals surface area contributed by atoms with Crippen LogP contribution in [-0.2, 0) is 7.05 Å². The number of hydrogen-bond acceptors (Lipinski definition) is 4. The largest absolute Gasteiger partial charge is 0.313 e. The predicted octanol–water partition coefficient (Wildman–Crippen LogP) is 3.55. The summed E-state index contributed by atoms with van der Waals surface area (Å²) in [5, 5.41) is 14.0. The fraction of sp³-hybridized carbons (Fsp3) is 0.875. The molecule has 2 rings (SSSR count). The first-order chi connectivity index (χ1) is 10.2. The van der Waals surface area contributed by atoms with Crippen LogP contribution >= 0.6 is 11.8 Å². The Morgan fingerprint density at radius 2 is 2.05 bits per heavy atom. The molecule has 3 atom stereocenters. The summed E-state index contributed by atoms with van der Waals surface area (Å²) in [4.78, 5) is 0. The topological polar surface area (TPSA) is 42.7 Å². The van der Waals surface area contributed by atoms with Crippen LogP contribution < -0.4 is 5.32 Å². The molecule has 0 bridgehead atoms. The van der Waals surface area contributed by atoms with E-state index in [-0.39, 0.29) is 0 Å². The molecule has 1 aliphatic rings. The third-order valence-corrected chi connectivity index (χ3v) is 5.95. The lowest BCUT2D eigenvalue weighted by Gasteiger charge is -2.36. The highest BCUT2D eigenvalue weighted by Gasteiger charge is 2.31. The molecule has 0 radical (unpaired) electrons. The van der Waals surface area contributed by atoms with Crippen molar-refractivity contribution in [3.05, 3.63) is 5.82 Å². The lowest BCUT2D eigenvalue weighted by Crippen LogP contribution is -2.43. The van der Waals surface area contributed by atoms with Gasteiger partial charge in [0, 0.05) is 18.3 Å². The molecule has 1 fully saturated rings. The van der Waals surface area contributed by atoms with Crippen molar-refractivity contribution in [3.8, 4) is 0 Å². The van der Waals surface area contributed by atoms with Gasteiger partial charge in [0.2, 0.25) is 0 Å². The maximum absolute atomic E-state index is 4.34. The van der Waals surface area contributed by atoms with Crippen LogP contribution in [0.1, 0.15) is 58.2 Å². The van der Waals surface area contributed by atoms with Gasteiger partial charge in [0.15, 0.2) is 5.16 Å². The van der Waals surface area contributed by atoms with Crippen LogP contribution in [0.2, 0.25) is 0 Å². The summed E-state index contributed by atoms with van der Waals surface area (Å²) in [5.74, 6) is 1.89. The first-order valence-corrected chi connectivity index (χ1v) is 9.29. The van der Waals surface area contributed by atoms with Crippen molar-refractivity contribution in [1.82, 2.24) is 20.1 Å². The molecule has 1 saturated carbocycles. The van der Waals surface area contributed by atoms with Gasteiger partial charge in [-0.1, -0.05) is 38.5 Å². The van der Waals surface area contributed by atoms with Crippen molar-refractivity contribution < 1.29 is 0 Å². The van der Waals surface area contributed by atoms with E-state index in [2.05, 4.69) is 41.0 Å². The van der Waals surface area contributed by atoms with Crippen LogP contribution in [0.25, 0.3) is 0 Å². The average Bonchev–Trinajstić information content (AvgIpc) is 2.79. The molecule has 1 aliphatic carbocycles. The molecule has 5 heteroatoms. The summed E-state index contributed by atoms with van der Waals surface area (Å²) >= 11 is 1.93. The minimum atomic E-state index is 0.625. The summed E-state index contributed by atoms with van der Waals surface area (Å²) in [6.07, 6.45) is 7.87. The zero-order valence-corrected chi connectivity index (χ0v) is 14.7. The fourth-order valence-electron chi connectivity index (χ4n) is 3.20. The summed E-state index contributed by atoms with van der Waals surface area (Å²) in [6.45, 7) is 7.68. The van der Waals surface area contributed by atoms with Crippen molar-refractivity contribution in [1.29, 1.82) is 0 Å². The van der Waals surface area contributed by atoms with E-state index in [0.717, 1.165) is 23.4 Å². The lowest BCUT2D eigenvalue weighted by molar-refractivity contribution is 0.287. The van der Waals surface area contributed by atoms with Crippen LogP contribution in [0, 0.1) is 12.8 Å². The van der Waals surface area contributed by atoms with E-state index in [9.17, 15) is 0 Å². The van der Waals surface area contributed by atoms with Crippen molar-refractivity contribution >= 4 is 11.8 Å². The Hall–Kier alpha value is -0.550. The molecule has 1 heterocycles. The van der Waals surface area contributed by atoms with Gasteiger partial charge in [-0.15, -0.1) is 10.2 Å². The third-order valence-electron chi connectivity index (χ3n) is 4.56. The molecular weight excluding hydrogens is 280 g/mol. The van der Waals surface area contributed by atoms with Gasteiger partial charge in [-0.25, -0.2) is 0 Å². The zero-order valence-electron chi connectivity index (χ0n) is 13.9. The minimum absolute atomic E-state index is 0.625. The Kier molecular flexibility index (Phi) is 6.55. The smallest absolute Gasteiger partial charge is 0.191 e. The molecule has 1 aromatic rings. The standard InChI is InChI=1S/C16H30N4S/c1-5-7-13-8-9-14(17-10-6-2)15(11-13)21-16-19-18-12(3)20(16)4/h13-15,17H,5-11H2,1-4H3. The summed E-state index contributed by atoms with van der Waals surface area (Å²) in [5.41, 5.74) is 0. The fourth-order valence-corrected chi connectivity index (χ4v) is 4.62. The highest BCUT2D eigenvalue weighted by atomic mass is 32.2. The average molecular weight is 311 g/mol. The van der Waals surface area contributed by atoms with E-state index in [4.69, 9.17) is 0 Å². The Balaban J connectivity index is 2.03. The maximum atomic E-state index is 4.34. The zero-order chi connectivity index (χ0) is 15.2. The third kappa shape index (κ3) is 4.46. The van der Waals surface area contributed by atoms with Gasteiger partial charge in [-0.3, -0.25) is 0 Å². The normalized spacial score (nSPS) is 26.2. The van der Waals surface area contributed by atoms with Crippen LogP contribution in [0.3, 0.4) is 0 Å². The van der Waals surface area contributed by atoms with E-state index >= 15 is 0 Å². The quantitative estimate of drug-likeness (QED) is 0.836.